The Bertz CT molecular complexity index is 3580. The molecule has 0 aliphatic carbocycles. The number of hydrogen-bond donors (Lipinski definition) is 0. The molecule has 0 aliphatic heterocycles. The van der Waals surface area contributed by atoms with Crippen LogP contribution in [0.15, 0.2) is 188 Å². The van der Waals surface area contributed by atoms with E-state index in [0.717, 1.165) is 91.1 Å². The zero-order valence-corrected chi connectivity index (χ0v) is 53.8. The van der Waals surface area contributed by atoms with E-state index < -0.39 is 81.8 Å². The fourth-order valence-corrected chi connectivity index (χ4v) is 7.74. The molecule has 9 rings (SSSR count). The maximum absolute atomic E-state index is 12.6. The Balaban J connectivity index is 0.000000535. The minimum absolute atomic E-state index is 0.160. The molecule has 0 heterocycles. The molecule has 0 bridgehead atoms. The third-order valence-corrected chi connectivity index (χ3v) is 13.3. The van der Waals surface area contributed by atoms with Gasteiger partial charge in [0, 0.05) is 12.1 Å². The minimum atomic E-state index is -4.22. The lowest BCUT2D eigenvalue weighted by atomic mass is 10.1. The average molecular weight is 1360 g/mol. The highest BCUT2D eigenvalue weighted by Crippen LogP contribution is 2.33. The van der Waals surface area contributed by atoms with Gasteiger partial charge in [-0.25, -0.2) is 48.3 Å². The Morgan fingerprint density at radius 1 is 0.221 bits per heavy atom. The lowest BCUT2D eigenvalue weighted by Crippen LogP contribution is -2.08. The molecular formula is C75H76F20. The van der Waals surface area contributed by atoms with Crippen molar-refractivity contribution >= 4 is 0 Å². The summed E-state index contributed by atoms with van der Waals surface area (Å²) < 4.78 is 246. The van der Waals surface area contributed by atoms with Crippen LogP contribution in [-0.2, 0) is 76.3 Å². The van der Waals surface area contributed by atoms with E-state index >= 15 is 0 Å². The Morgan fingerprint density at radius 2 is 0.653 bits per heavy atom. The topological polar surface area (TPSA) is 0 Å². The smallest absolute Gasteiger partial charge is 0.207 e. The van der Waals surface area contributed by atoms with Gasteiger partial charge in [-0.2, -0.15) is 39.5 Å². The third kappa shape index (κ3) is 33.5. The summed E-state index contributed by atoms with van der Waals surface area (Å²) in [5, 5.41) is 0. The first-order valence-electron chi connectivity index (χ1n) is 30.1. The van der Waals surface area contributed by atoms with Gasteiger partial charge in [0.2, 0.25) is 0 Å². The van der Waals surface area contributed by atoms with Gasteiger partial charge in [0.25, 0.3) is 0 Å². The fourth-order valence-electron chi connectivity index (χ4n) is 7.74. The zero-order chi connectivity index (χ0) is 72.1. The maximum atomic E-state index is 12.6. The van der Waals surface area contributed by atoms with Gasteiger partial charge in [-0.1, -0.05) is 147 Å². The van der Waals surface area contributed by atoms with E-state index in [-0.39, 0.29) is 17.5 Å². The Hall–Kier alpha value is -8.42. The number of rotatable bonds is 9. The van der Waals surface area contributed by atoms with Crippen LogP contribution in [0.3, 0.4) is 0 Å². The molecule has 9 aromatic rings. The van der Waals surface area contributed by atoms with Crippen LogP contribution in [0.5, 0.6) is 0 Å². The van der Waals surface area contributed by atoms with E-state index in [4.69, 9.17) is 0 Å². The van der Waals surface area contributed by atoms with Crippen molar-refractivity contribution in [2.45, 2.75) is 139 Å². The number of hydrogen-bond acceptors (Lipinski definition) is 0. The van der Waals surface area contributed by atoms with Gasteiger partial charge < -0.3 is 0 Å². The number of halogens is 20. The first-order valence-corrected chi connectivity index (χ1v) is 30.1. The quantitative estimate of drug-likeness (QED) is 0.126. The molecule has 0 aromatic heterocycles. The van der Waals surface area contributed by atoms with E-state index in [1.165, 1.54) is 96.6 Å². The summed E-state index contributed by atoms with van der Waals surface area (Å²) in [6.07, 6.45) is -6.81. The van der Waals surface area contributed by atoms with E-state index in [0.29, 0.717) is 71.9 Å². The number of aryl methyl sites for hydroxylation is 9. The van der Waals surface area contributed by atoms with Crippen LogP contribution in [0.4, 0.5) is 87.8 Å². The molecule has 0 saturated heterocycles. The SMILES string of the molecule is CCc1cc(F)cc(F)c1.CCc1cc(F)ccc1F.CCc1ccc(C(F)(F)F)cc1.CCc1ccc(F)c(F)c1.CCc1ccc(F)cc1.CCc1ccc(F)cc1F.CCc1cccc(C(F)(F)F)c1.CCc1cccc(F)c1F.CCc1ccccc1C(F)(F)F. The highest BCUT2D eigenvalue weighted by Gasteiger charge is 2.33. The van der Waals surface area contributed by atoms with Crippen molar-refractivity contribution in [1.29, 1.82) is 0 Å². The molecule has 0 unspecified atom stereocenters. The molecule has 0 N–H and O–H groups in total. The van der Waals surface area contributed by atoms with Crippen LogP contribution in [0.1, 0.15) is 129 Å². The second kappa shape index (κ2) is 43.5. The summed E-state index contributed by atoms with van der Waals surface area (Å²) in [6, 6.07) is 41.6. The summed E-state index contributed by atoms with van der Waals surface area (Å²) in [5.41, 5.74) is 4.42. The highest BCUT2D eigenvalue weighted by molar-refractivity contribution is 5.30. The third-order valence-electron chi connectivity index (χ3n) is 13.3. The average Bonchev–Trinajstić information content (AvgIpc) is 1.33. The molecule has 0 amide bonds. The van der Waals surface area contributed by atoms with Crippen molar-refractivity contribution in [3.63, 3.8) is 0 Å². The van der Waals surface area contributed by atoms with Gasteiger partial charge in [-0.3, -0.25) is 0 Å². The second-order valence-electron chi connectivity index (χ2n) is 20.1. The van der Waals surface area contributed by atoms with Crippen LogP contribution in [0, 0.1) is 64.0 Å². The van der Waals surface area contributed by atoms with Gasteiger partial charge >= 0.3 is 18.5 Å². The van der Waals surface area contributed by atoms with E-state index in [2.05, 4.69) is 0 Å². The Morgan fingerprint density at radius 3 is 1.09 bits per heavy atom. The molecule has 9 aromatic carbocycles. The summed E-state index contributed by atoms with van der Waals surface area (Å²) in [5.74, 6) is -5.87. The summed E-state index contributed by atoms with van der Waals surface area (Å²) in [6.45, 7) is 16.7. The van der Waals surface area contributed by atoms with Crippen molar-refractivity contribution < 1.29 is 87.8 Å². The van der Waals surface area contributed by atoms with Gasteiger partial charge in [-0.05, 0) is 199 Å². The van der Waals surface area contributed by atoms with Crippen molar-refractivity contribution in [2.75, 3.05) is 0 Å². The molecular weight excluding hydrogens is 1280 g/mol. The molecule has 0 atom stereocenters. The molecule has 0 spiro atoms. The van der Waals surface area contributed by atoms with Gasteiger partial charge in [0.1, 0.15) is 40.7 Å². The molecule has 0 nitrogen and oxygen atoms in total. The molecule has 20 heteroatoms. The van der Waals surface area contributed by atoms with Crippen LogP contribution < -0.4 is 0 Å². The monoisotopic (exact) mass is 1360 g/mol. The van der Waals surface area contributed by atoms with E-state index in [1.54, 1.807) is 57.2 Å². The zero-order valence-electron chi connectivity index (χ0n) is 53.8. The molecule has 0 aliphatic rings. The van der Waals surface area contributed by atoms with Crippen LogP contribution in [0.25, 0.3) is 0 Å². The maximum Gasteiger partial charge on any atom is 0.416 e. The Kier molecular flexibility index (Phi) is 38.8. The second-order valence-corrected chi connectivity index (χ2v) is 20.1. The number of alkyl halides is 9. The predicted molar refractivity (Wildman–Crippen MR) is 337 cm³/mol. The molecule has 95 heavy (non-hydrogen) atoms. The lowest BCUT2D eigenvalue weighted by Gasteiger charge is -2.10. The largest absolute Gasteiger partial charge is 0.416 e. The molecule has 0 saturated carbocycles. The molecule has 516 valence electrons. The summed E-state index contributed by atoms with van der Waals surface area (Å²) in [4.78, 5) is 0. The van der Waals surface area contributed by atoms with Crippen LogP contribution in [-0.4, -0.2) is 0 Å². The van der Waals surface area contributed by atoms with Crippen molar-refractivity contribution in [3.8, 4) is 0 Å². The standard InChI is InChI=1S/3C9H9F3.5C8H8F2.C8H9F/c1-2-7-3-5-8(6-4-7)9(10,11)12;1-2-7-4-3-5-8(6-7)9(10,11)12;1-2-7-5-3-4-6-8(7)9(10,11)12;1-2-6-3-7(9)5-8(10)4-6;1-2-6-5-7(9)3-4-8(6)10;1-2-6-3-4-7(9)5-8(6)10;1-2-6-3-4-7(9)8(10)5-6;1-2-6-4-3-5-7(9)8(6)10;1-2-7-3-5-8(9)6-4-7/h3*3-6H,2H2,1H3;5*3-5H,2H2,1H3;3-6H,2H2,1H3. The number of benzene rings is 9. The molecule has 0 radical (unpaired) electrons. The van der Waals surface area contributed by atoms with Gasteiger partial charge in [0.05, 0.1) is 16.7 Å². The molecule has 0 fully saturated rings. The van der Waals surface area contributed by atoms with Crippen LogP contribution in [0.2, 0.25) is 0 Å². The first kappa shape index (κ1) is 84.6. The summed E-state index contributed by atoms with van der Waals surface area (Å²) >= 11 is 0. The predicted octanol–water partition coefficient (Wildman–Crippen LogP) is 24.8. The normalized spacial score (nSPS) is 10.5. The minimum Gasteiger partial charge on any atom is -0.207 e. The Labute approximate surface area is 543 Å². The lowest BCUT2D eigenvalue weighted by molar-refractivity contribution is -0.138. The van der Waals surface area contributed by atoms with Crippen LogP contribution >= 0.6 is 0 Å². The van der Waals surface area contributed by atoms with Gasteiger partial charge in [-0.15, -0.1) is 0 Å². The van der Waals surface area contributed by atoms with Crippen molar-refractivity contribution in [2.24, 2.45) is 0 Å². The fraction of sp³-hybridized carbons (Fsp3) is 0.280. The highest BCUT2D eigenvalue weighted by atomic mass is 19.4. The first-order chi connectivity index (χ1) is 44.6. The summed E-state index contributed by atoms with van der Waals surface area (Å²) in [7, 11) is 0. The van der Waals surface area contributed by atoms with Crippen molar-refractivity contribution in [3.05, 3.63) is 319 Å². The van der Waals surface area contributed by atoms with E-state index in [9.17, 15) is 87.8 Å². The van der Waals surface area contributed by atoms with Crippen molar-refractivity contribution in [1.82, 2.24) is 0 Å². The van der Waals surface area contributed by atoms with E-state index in [1.807, 2.05) is 41.5 Å². The van der Waals surface area contributed by atoms with Gasteiger partial charge in [0.15, 0.2) is 23.3 Å².